The third-order valence-corrected chi connectivity index (χ3v) is 5.39. The molecule has 0 spiro atoms. The molecule has 1 aliphatic heterocycles. The lowest BCUT2D eigenvalue weighted by Crippen LogP contribution is -2.40. The molecule has 0 saturated carbocycles. The number of aryl methyl sites for hydroxylation is 2. The number of carbonyl (C=O) groups excluding carboxylic acids is 1. The average molecular weight is 347 g/mol. The predicted molar refractivity (Wildman–Crippen MR) is 96.2 cm³/mol. The Morgan fingerprint density at radius 1 is 1.42 bits per heavy atom. The van der Waals surface area contributed by atoms with Gasteiger partial charge in [-0.3, -0.25) is 9.69 Å². The minimum Gasteiger partial charge on any atom is -0.335 e. The van der Waals surface area contributed by atoms with Gasteiger partial charge in [0.15, 0.2) is 5.13 Å². The first-order chi connectivity index (χ1) is 11.6. The third-order valence-electron chi connectivity index (χ3n) is 4.51. The fourth-order valence-corrected chi connectivity index (χ4v) is 3.90. The van der Waals surface area contributed by atoms with Crippen LogP contribution in [0.4, 0.5) is 5.13 Å². The Hall–Kier alpha value is -1.73. The molecule has 0 aliphatic carbocycles. The van der Waals surface area contributed by atoms with E-state index in [-0.39, 0.29) is 5.91 Å². The van der Waals surface area contributed by atoms with Gasteiger partial charge in [0, 0.05) is 30.7 Å². The van der Waals surface area contributed by atoms with Crippen molar-refractivity contribution >= 4 is 22.4 Å². The zero-order chi connectivity index (χ0) is 16.9. The Bertz CT molecular complexity index is 672. The summed E-state index contributed by atoms with van der Waals surface area (Å²) in [6, 6.07) is 0. The van der Waals surface area contributed by atoms with Crippen LogP contribution in [0.1, 0.15) is 31.3 Å². The molecular weight excluding hydrogens is 322 g/mol. The third kappa shape index (κ3) is 4.42. The van der Waals surface area contributed by atoms with Crippen LogP contribution in [0.25, 0.3) is 0 Å². The van der Waals surface area contributed by atoms with Crippen molar-refractivity contribution in [3.63, 3.8) is 0 Å². The molecule has 2 aromatic rings. The van der Waals surface area contributed by atoms with Gasteiger partial charge >= 0.3 is 0 Å². The lowest BCUT2D eigenvalue weighted by atomic mass is 9.96. The number of carbonyl (C=O) groups is 1. The summed E-state index contributed by atoms with van der Waals surface area (Å²) in [7, 11) is 0. The van der Waals surface area contributed by atoms with Crippen molar-refractivity contribution in [2.45, 2.75) is 39.7 Å². The fourth-order valence-electron chi connectivity index (χ4n) is 3.20. The summed E-state index contributed by atoms with van der Waals surface area (Å²) in [5.41, 5.74) is 0.946. The number of piperidine rings is 1. The van der Waals surface area contributed by atoms with Crippen molar-refractivity contribution in [2.75, 3.05) is 25.0 Å². The minimum atomic E-state index is 0.0330. The highest BCUT2D eigenvalue weighted by Crippen LogP contribution is 2.20. The van der Waals surface area contributed by atoms with E-state index in [1.54, 1.807) is 0 Å². The van der Waals surface area contributed by atoms with Crippen molar-refractivity contribution in [3.8, 4) is 0 Å². The summed E-state index contributed by atoms with van der Waals surface area (Å²) in [4.78, 5) is 23.0. The number of nitrogens with zero attached hydrogens (tertiary/aromatic N) is 4. The second-order valence-corrected chi connectivity index (χ2v) is 7.27. The molecule has 0 atom stereocenters. The number of amides is 1. The van der Waals surface area contributed by atoms with E-state index >= 15 is 0 Å². The molecule has 0 radical (unpaired) electrons. The van der Waals surface area contributed by atoms with E-state index in [0.29, 0.717) is 17.6 Å². The number of imidazole rings is 1. The Kier molecular flexibility index (Phi) is 5.63. The van der Waals surface area contributed by atoms with Gasteiger partial charge in [0.05, 0.1) is 12.2 Å². The monoisotopic (exact) mass is 347 g/mol. The highest BCUT2D eigenvalue weighted by atomic mass is 32.1. The molecule has 0 unspecified atom stereocenters. The number of anilines is 1. The first-order valence-corrected chi connectivity index (χ1v) is 9.46. The van der Waals surface area contributed by atoms with Gasteiger partial charge in [-0.1, -0.05) is 6.92 Å². The van der Waals surface area contributed by atoms with Crippen LogP contribution in [0.3, 0.4) is 0 Å². The first-order valence-electron chi connectivity index (χ1n) is 8.58. The highest BCUT2D eigenvalue weighted by molar-refractivity contribution is 7.13. The van der Waals surface area contributed by atoms with Gasteiger partial charge in [-0.15, -0.1) is 11.3 Å². The van der Waals surface area contributed by atoms with E-state index in [1.165, 1.54) is 11.3 Å². The molecule has 2 aromatic heterocycles. The summed E-state index contributed by atoms with van der Waals surface area (Å²) >= 11 is 1.48. The van der Waals surface area contributed by atoms with Crippen LogP contribution < -0.4 is 5.32 Å². The van der Waals surface area contributed by atoms with Crippen LogP contribution in [-0.4, -0.2) is 45.0 Å². The van der Waals surface area contributed by atoms with E-state index in [1.807, 2.05) is 18.5 Å². The largest absolute Gasteiger partial charge is 0.335 e. The van der Waals surface area contributed by atoms with Gasteiger partial charge in [-0.05, 0) is 38.8 Å². The van der Waals surface area contributed by atoms with Gasteiger partial charge < -0.3 is 9.88 Å². The average Bonchev–Trinajstić information content (AvgIpc) is 3.18. The summed E-state index contributed by atoms with van der Waals surface area (Å²) in [5, 5.41) is 5.53. The molecule has 1 aliphatic rings. The molecule has 3 rings (SSSR count). The number of rotatable bonds is 6. The first kappa shape index (κ1) is 17.1. The van der Waals surface area contributed by atoms with Crippen LogP contribution >= 0.6 is 11.3 Å². The Balaban J connectivity index is 1.42. The molecule has 6 nitrogen and oxygen atoms in total. The number of hydrogen-bond acceptors (Lipinski definition) is 5. The SMILES string of the molecule is CCc1nccn1CC1CCN(CC(=O)Nc2nc(C)cs2)CC1. The molecule has 7 heteroatoms. The smallest absolute Gasteiger partial charge is 0.240 e. The standard InChI is InChI=1S/C17H25N5OS/c1-3-15-18-6-9-22(15)10-14-4-7-21(8-5-14)11-16(23)20-17-19-13(2)12-24-17/h6,9,12,14H,3-5,7-8,10-11H2,1-2H3,(H,19,20,23). The van der Waals surface area contributed by atoms with Gasteiger partial charge in [0.25, 0.3) is 0 Å². The van der Waals surface area contributed by atoms with E-state index in [0.717, 1.165) is 50.4 Å². The predicted octanol–water partition coefficient (Wildman–Crippen LogP) is 2.56. The van der Waals surface area contributed by atoms with Crippen LogP contribution in [0, 0.1) is 12.8 Å². The maximum Gasteiger partial charge on any atom is 0.240 e. The molecule has 1 amide bonds. The quantitative estimate of drug-likeness (QED) is 0.872. The Labute approximate surface area is 146 Å². The molecule has 1 fully saturated rings. The van der Waals surface area contributed by atoms with E-state index in [2.05, 4.69) is 37.9 Å². The van der Waals surface area contributed by atoms with Crippen molar-refractivity contribution < 1.29 is 4.79 Å². The fraction of sp³-hybridized carbons (Fsp3) is 0.588. The van der Waals surface area contributed by atoms with Crippen LogP contribution in [0.5, 0.6) is 0 Å². The Morgan fingerprint density at radius 3 is 2.88 bits per heavy atom. The molecule has 3 heterocycles. The van der Waals surface area contributed by atoms with Crippen molar-refractivity contribution in [2.24, 2.45) is 5.92 Å². The summed E-state index contributed by atoms with van der Waals surface area (Å²) in [6.07, 6.45) is 7.20. The molecule has 0 aromatic carbocycles. The molecule has 0 bridgehead atoms. The summed E-state index contributed by atoms with van der Waals surface area (Å²) < 4.78 is 2.28. The molecular formula is C17H25N5OS. The van der Waals surface area contributed by atoms with Crippen molar-refractivity contribution in [3.05, 3.63) is 29.3 Å². The number of hydrogen-bond donors (Lipinski definition) is 1. The minimum absolute atomic E-state index is 0.0330. The second kappa shape index (κ2) is 7.90. The molecule has 130 valence electrons. The van der Waals surface area contributed by atoms with Gasteiger partial charge in [-0.2, -0.15) is 0 Å². The summed E-state index contributed by atoms with van der Waals surface area (Å²) in [6.45, 7) is 7.53. The van der Waals surface area contributed by atoms with Gasteiger partial charge in [0.2, 0.25) is 5.91 Å². The topological polar surface area (TPSA) is 63.1 Å². The van der Waals surface area contributed by atoms with Crippen molar-refractivity contribution in [1.82, 2.24) is 19.4 Å². The normalized spacial score (nSPS) is 16.4. The van der Waals surface area contributed by atoms with Gasteiger partial charge in [-0.25, -0.2) is 9.97 Å². The lowest BCUT2D eigenvalue weighted by molar-refractivity contribution is -0.117. The number of nitrogens with one attached hydrogen (secondary N) is 1. The lowest BCUT2D eigenvalue weighted by Gasteiger charge is -2.31. The maximum atomic E-state index is 12.1. The Morgan fingerprint density at radius 2 is 2.21 bits per heavy atom. The zero-order valence-electron chi connectivity index (χ0n) is 14.4. The van der Waals surface area contributed by atoms with Crippen molar-refractivity contribution in [1.29, 1.82) is 0 Å². The van der Waals surface area contributed by atoms with Gasteiger partial charge in [0.1, 0.15) is 5.82 Å². The summed E-state index contributed by atoms with van der Waals surface area (Å²) in [5.74, 6) is 1.87. The number of likely N-dealkylation sites (tertiary alicyclic amines) is 1. The van der Waals surface area contributed by atoms with Crippen LogP contribution in [0.15, 0.2) is 17.8 Å². The molecule has 24 heavy (non-hydrogen) atoms. The molecule has 1 saturated heterocycles. The number of aromatic nitrogens is 3. The van der Waals surface area contributed by atoms with Crippen LogP contribution in [-0.2, 0) is 17.8 Å². The second-order valence-electron chi connectivity index (χ2n) is 6.41. The van der Waals surface area contributed by atoms with Crippen LogP contribution in [0.2, 0.25) is 0 Å². The van der Waals surface area contributed by atoms with E-state index in [4.69, 9.17) is 0 Å². The highest BCUT2D eigenvalue weighted by Gasteiger charge is 2.22. The van der Waals surface area contributed by atoms with E-state index < -0.39 is 0 Å². The molecule has 1 N–H and O–H groups in total. The zero-order valence-corrected chi connectivity index (χ0v) is 15.2. The number of thiazole rings is 1. The maximum absolute atomic E-state index is 12.1. The van der Waals surface area contributed by atoms with E-state index in [9.17, 15) is 4.79 Å².